The molecule has 0 amide bonds. The van der Waals surface area contributed by atoms with Gasteiger partial charge in [-0.05, 0) is 78.0 Å². The highest BCUT2D eigenvalue weighted by Crippen LogP contribution is 2.55. The molecule has 0 bridgehead atoms. The number of thiophene rings is 1. The van der Waals surface area contributed by atoms with Gasteiger partial charge < -0.3 is 14.1 Å². The fraction of sp³-hybridized carbons (Fsp3) is 0.263. The number of furan rings is 1. The van der Waals surface area contributed by atoms with Crippen LogP contribution in [0.4, 0.5) is 11.4 Å². The summed E-state index contributed by atoms with van der Waals surface area (Å²) in [6, 6.07) is 37.0. The van der Waals surface area contributed by atoms with E-state index in [1.807, 2.05) is 11.3 Å². The number of hydrogen-bond acceptors (Lipinski definition) is 4. The zero-order chi connectivity index (χ0) is 40.4. The zero-order valence-corrected chi connectivity index (χ0v) is 35.6. The lowest BCUT2D eigenvalue weighted by Crippen LogP contribution is -2.37. The Kier molecular flexibility index (Phi) is 8.07. The second kappa shape index (κ2) is 13.7. The van der Waals surface area contributed by atoms with Crippen LogP contribution >= 0.6 is 11.3 Å². The van der Waals surface area contributed by atoms with E-state index in [9.17, 15) is 0 Å². The Balaban J connectivity index is 0.921. The third-order valence-electron chi connectivity index (χ3n) is 15.3. The number of allylic oxidation sites excluding steroid dienone is 5. The van der Waals surface area contributed by atoms with Crippen molar-refractivity contribution >= 4 is 59.9 Å². The maximum atomic E-state index is 6.85. The summed E-state index contributed by atoms with van der Waals surface area (Å²) in [5.74, 6) is 3.02. The highest BCUT2D eigenvalue weighted by atomic mass is 32.1. The van der Waals surface area contributed by atoms with Crippen LogP contribution < -0.4 is 4.90 Å². The number of nitrogens with zero attached hydrogens (tertiary/aromatic N) is 1. The average molecular weight is 812 g/mol. The van der Waals surface area contributed by atoms with Crippen LogP contribution in [0.15, 0.2) is 156 Å². The molecule has 61 heavy (non-hydrogen) atoms. The number of hydrogen-bond donors (Lipinski definition) is 0. The highest BCUT2D eigenvalue weighted by Gasteiger charge is 2.48. The molecule has 6 aliphatic rings. The number of para-hydroxylation sites is 1. The normalized spacial score (nSPS) is 26.4. The van der Waals surface area contributed by atoms with Crippen LogP contribution in [-0.4, -0.2) is 18.2 Å². The molecule has 5 aromatic carbocycles. The molecule has 1 saturated heterocycles. The van der Waals surface area contributed by atoms with Crippen LogP contribution in [0.5, 0.6) is 0 Å². The van der Waals surface area contributed by atoms with Crippen molar-refractivity contribution in [2.24, 2.45) is 23.7 Å². The van der Waals surface area contributed by atoms with E-state index in [1.165, 1.54) is 70.3 Å². The van der Waals surface area contributed by atoms with Gasteiger partial charge in [-0.15, -0.1) is 11.3 Å². The fourth-order valence-electron chi connectivity index (χ4n) is 12.3. The van der Waals surface area contributed by atoms with E-state index in [0.717, 1.165) is 49.0 Å². The topological polar surface area (TPSA) is 25.6 Å². The Morgan fingerprint density at radius 3 is 2.43 bits per heavy atom. The van der Waals surface area contributed by atoms with Gasteiger partial charge in [-0.2, -0.15) is 0 Å². The van der Waals surface area contributed by atoms with Crippen LogP contribution in [0.1, 0.15) is 62.0 Å². The largest absolute Gasteiger partial charge is 0.460 e. The van der Waals surface area contributed by atoms with E-state index in [-0.39, 0.29) is 23.7 Å². The summed E-state index contributed by atoms with van der Waals surface area (Å²) in [4.78, 5) is 2.65. The van der Waals surface area contributed by atoms with Gasteiger partial charge in [-0.1, -0.05) is 153 Å². The summed E-state index contributed by atoms with van der Waals surface area (Å²) in [6.07, 6.45) is 29.4. The zero-order valence-electron chi connectivity index (χ0n) is 34.8. The molecule has 0 N–H and O–H groups in total. The van der Waals surface area contributed by atoms with Gasteiger partial charge in [-0.25, -0.2) is 0 Å². The molecule has 300 valence electrons. The molecule has 0 spiro atoms. The molecule has 7 atom stereocenters. The van der Waals surface area contributed by atoms with Gasteiger partial charge in [0.1, 0.15) is 11.3 Å². The molecular weight excluding hydrogens is 763 g/mol. The standard InChI is InChI=1S/C57H49NO2S/c1-57(2)47-20-6-3-14-46(47)52-48(57)33-32-45-44-19-11-21-49(55(44)61-56(45)52)58(36-28-24-34(25-29-36)38-15-9-17-42-40-12-4-7-22-50(40)59-53(38)42)37-30-26-35(27-31-37)39-16-10-18-43-41-13-5-8-23-51(41)60-54(39)43/h3-7,9-16,18-22,24,26-28,30-34,36,38,40,42,50,53H,8,17,23,25,29H2,1-2H3. The van der Waals surface area contributed by atoms with Crippen molar-refractivity contribution in [1.29, 1.82) is 0 Å². The van der Waals surface area contributed by atoms with Gasteiger partial charge in [-0.3, -0.25) is 0 Å². The number of fused-ring (bicyclic) bond motifs is 13. The Morgan fingerprint density at radius 2 is 1.52 bits per heavy atom. The number of rotatable bonds is 5. The number of aryl methyl sites for hydroxylation is 1. The molecule has 13 rings (SSSR count). The molecule has 7 unspecified atom stereocenters. The number of ether oxygens (including phenoxy) is 1. The minimum atomic E-state index is -0.0329. The molecular formula is C57H49NO2S. The van der Waals surface area contributed by atoms with Crippen molar-refractivity contribution in [3.8, 4) is 22.3 Å². The summed E-state index contributed by atoms with van der Waals surface area (Å²) < 4.78 is 16.2. The van der Waals surface area contributed by atoms with E-state index in [0.29, 0.717) is 23.7 Å². The molecule has 0 radical (unpaired) electrons. The second-order valence-electron chi connectivity index (χ2n) is 18.8. The van der Waals surface area contributed by atoms with Gasteiger partial charge in [0.15, 0.2) is 0 Å². The maximum absolute atomic E-state index is 6.85. The predicted octanol–water partition coefficient (Wildman–Crippen LogP) is 14.9. The van der Waals surface area contributed by atoms with E-state index in [1.54, 1.807) is 0 Å². The predicted molar refractivity (Wildman–Crippen MR) is 255 cm³/mol. The SMILES string of the molecule is CC1(C)c2ccccc2-c2c1ccc1c2sc2c(N(c3ccc(-c4cccc5c6c(oc45)CCC=C6)cc3)C3C=CC(C4C=CCC5C6C=CC=CC6OC45)CC3)cccc21. The fourth-order valence-corrected chi connectivity index (χ4v) is 13.6. The molecule has 0 saturated carbocycles. The molecule has 1 aliphatic heterocycles. The molecule has 5 aliphatic carbocycles. The first kappa shape index (κ1) is 36.0. The lowest BCUT2D eigenvalue weighted by atomic mass is 9.70. The Bertz CT molecular complexity index is 3080. The highest BCUT2D eigenvalue weighted by molar-refractivity contribution is 7.27. The maximum Gasteiger partial charge on any atom is 0.142 e. The Hall–Kier alpha value is -5.68. The van der Waals surface area contributed by atoms with Crippen molar-refractivity contribution in [2.75, 3.05) is 4.90 Å². The summed E-state index contributed by atoms with van der Waals surface area (Å²) in [6.45, 7) is 4.77. The number of benzene rings is 5. The van der Waals surface area contributed by atoms with Crippen molar-refractivity contribution in [2.45, 2.75) is 69.6 Å². The molecule has 2 aromatic heterocycles. The molecule has 1 fully saturated rings. The first-order valence-corrected chi connectivity index (χ1v) is 23.4. The first-order valence-electron chi connectivity index (χ1n) is 22.6. The van der Waals surface area contributed by atoms with E-state index in [4.69, 9.17) is 9.15 Å². The quantitative estimate of drug-likeness (QED) is 0.162. The number of anilines is 2. The van der Waals surface area contributed by atoms with Crippen LogP contribution in [-0.2, 0) is 16.6 Å². The Morgan fingerprint density at radius 1 is 0.689 bits per heavy atom. The minimum absolute atomic E-state index is 0.0329. The van der Waals surface area contributed by atoms with Crippen molar-refractivity contribution < 1.29 is 9.15 Å². The lowest BCUT2D eigenvalue weighted by molar-refractivity contribution is 0.0119. The van der Waals surface area contributed by atoms with Crippen molar-refractivity contribution in [3.63, 3.8) is 0 Å². The minimum Gasteiger partial charge on any atom is -0.460 e. The van der Waals surface area contributed by atoms with Gasteiger partial charge in [0.25, 0.3) is 0 Å². The van der Waals surface area contributed by atoms with E-state index >= 15 is 0 Å². The molecule has 7 aromatic rings. The summed E-state index contributed by atoms with van der Waals surface area (Å²) in [5, 5.41) is 3.90. The van der Waals surface area contributed by atoms with Crippen LogP contribution in [0.3, 0.4) is 0 Å². The third-order valence-corrected chi connectivity index (χ3v) is 16.5. The van der Waals surface area contributed by atoms with Gasteiger partial charge in [0.05, 0.1) is 28.6 Å². The van der Waals surface area contributed by atoms with Gasteiger partial charge in [0, 0.05) is 66.9 Å². The smallest absolute Gasteiger partial charge is 0.142 e. The van der Waals surface area contributed by atoms with Crippen molar-refractivity contribution in [1.82, 2.24) is 0 Å². The average Bonchev–Trinajstić information content (AvgIpc) is 4.06. The molecule has 3 heterocycles. The summed E-state index contributed by atoms with van der Waals surface area (Å²) in [5.41, 5.74) is 12.7. The molecule has 4 heteroatoms. The molecule has 3 nitrogen and oxygen atoms in total. The summed E-state index contributed by atoms with van der Waals surface area (Å²) >= 11 is 1.98. The van der Waals surface area contributed by atoms with Gasteiger partial charge in [0.2, 0.25) is 0 Å². The van der Waals surface area contributed by atoms with Crippen LogP contribution in [0.2, 0.25) is 0 Å². The third kappa shape index (κ3) is 5.38. The van der Waals surface area contributed by atoms with E-state index < -0.39 is 0 Å². The van der Waals surface area contributed by atoms with E-state index in [2.05, 4.69) is 177 Å². The summed E-state index contributed by atoms with van der Waals surface area (Å²) in [7, 11) is 0. The Labute approximate surface area is 362 Å². The van der Waals surface area contributed by atoms with Crippen LogP contribution in [0, 0.1) is 23.7 Å². The first-order chi connectivity index (χ1) is 30.0. The second-order valence-corrected chi connectivity index (χ2v) is 19.8. The van der Waals surface area contributed by atoms with Crippen molar-refractivity contribution in [3.05, 3.63) is 174 Å². The van der Waals surface area contributed by atoms with Gasteiger partial charge >= 0.3 is 0 Å². The monoisotopic (exact) mass is 811 g/mol. The van der Waals surface area contributed by atoms with Crippen LogP contribution in [0.25, 0.3) is 59.5 Å². The lowest BCUT2D eigenvalue weighted by Gasteiger charge is -2.39.